The summed E-state index contributed by atoms with van der Waals surface area (Å²) in [5.74, 6) is -4.77. The molecule has 0 saturated heterocycles. The lowest BCUT2D eigenvalue weighted by molar-refractivity contribution is -0.133. The zero-order valence-corrected chi connectivity index (χ0v) is 8.68. The second-order valence-electron chi connectivity index (χ2n) is 3.30. The van der Waals surface area contributed by atoms with E-state index in [4.69, 9.17) is 5.11 Å². The van der Waals surface area contributed by atoms with Gasteiger partial charge in [-0.1, -0.05) is 0 Å². The minimum Gasteiger partial charge on any atom is -0.478 e. The Hall–Kier alpha value is -2.57. The van der Waals surface area contributed by atoms with Crippen LogP contribution < -0.4 is 0 Å². The van der Waals surface area contributed by atoms with E-state index in [0.29, 0.717) is 6.08 Å². The highest BCUT2D eigenvalue weighted by Crippen LogP contribution is 2.17. The number of rotatable bonds is 2. The fourth-order valence-corrected chi connectivity index (χ4v) is 1.28. The number of halogens is 2. The Morgan fingerprint density at radius 2 is 2.06 bits per heavy atom. The molecule has 1 N–H and O–H groups in total. The summed E-state index contributed by atoms with van der Waals surface area (Å²) in [6, 6.07) is 2.80. The first-order valence-corrected chi connectivity index (χ1v) is 4.68. The van der Waals surface area contributed by atoms with E-state index in [2.05, 4.69) is 9.73 Å². The molecule has 0 bridgehead atoms. The van der Waals surface area contributed by atoms with Gasteiger partial charge in [0.2, 0.25) is 5.90 Å². The highest BCUT2D eigenvalue weighted by atomic mass is 19.2. The van der Waals surface area contributed by atoms with Gasteiger partial charge in [0.05, 0.1) is 6.08 Å². The van der Waals surface area contributed by atoms with E-state index in [1.165, 1.54) is 0 Å². The summed E-state index contributed by atoms with van der Waals surface area (Å²) in [6.07, 6.45) is 0.565. The summed E-state index contributed by atoms with van der Waals surface area (Å²) in [5.41, 5.74) is -0.377. The second kappa shape index (κ2) is 4.36. The predicted octanol–water partition coefficient (Wildman–Crippen LogP) is 1.24. The average molecular weight is 253 g/mol. The third kappa shape index (κ3) is 2.24. The standard InChI is InChI=1S/C11H5F2NO4/c12-6-2-1-5(3-7(6)13)10-14-8(4-9(15)16)11(17)18-10/h1-4H,(H,15,16)/b8-4+. The first-order valence-electron chi connectivity index (χ1n) is 4.68. The van der Waals surface area contributed by atoms with Crippen molar-refractivity contribution in [3.05, 3.63) is 47.2 Å². The first-order chi connectivity index (χ1) is 8.47. The SMILES string of the molecule is O=C(O)/C=C1/N=C(c2ccc(F)c(F)c2)OC1=O. The van der Waals surface area contributed by atoms with Crippen LogP contribution in [0, 0.1) is 11.6 Å². The largest absolute Gasteiger partial charge is 0.478 e. The van der Waals surface area contributed by atoms with Gasteiger partial charge < -0.3 is 9.84 Å². The molecule has 7 heteroatoms. The first kappa shape index (κ1) is 11.9. The molecule has 0 spiro atoms. The van der Waals surface area contributed by atoms with Gasteiger partial charge in [-0.25, -0.2) is 23.4 Å². The van der Waals surface area contributed by atoms with Crippen LogP contribution in [-0.2, 0) is 14.3 Å². The van der Waals surface area contributed by atoms with Gasteiger partial charge in [0, 0.05) is 5.56 Å². The number of carboxylic acid groups (broad SMARTS) is 1. The molecule has 1 aliphatic rings. The van der Waals surface area contributed by atoms with Crippen molar-refractivity contribution in [1.29, 1.82) is 0 Å². The molecule has 2 rings (SSSR count). The maximum Gasteiger partial charge on any atom is 0.364 e. The molecule has 1 aliphatic heterocycles. The van der Waals surface area contributed by atoms with Crippen molar-refractivity contribution in [2.45, 2.75) is 0 Å². The maximum absolute atomic E-state index is 13.0. The lowest BCUT2D eigenvalue weighted by Crippen LogP contribution is -2.06. The topological polar surface area (TPSA) is 76.0 Å². The van der Waals surface area contributed by atoms with E-state index in [-0.39, 0.29) is 11.5 Å². The number of hydrogen-bond acceptors (Lipinski definition) is 4. The van der Waals surface area contributed by atoms with E-state index >= 15 is 0 Å². The van der Waals surface area contributed by atoms with Crippen LogP contribution in [0.15, 0.2) is 35.0 Å². The highest BCUT2D eigenvalue weighted by molar-refractivity contribution is 6.12. The normalized spacial score (nSPS) is 16.7. The molecule has 1 heterocycles. The van der Waals surface area contributed by atoms with Crippen LogP contribution in [0.25, 0.3) is 0 Å². The molecule has 0 aromatic heterocycles. The van der Waals surface area contributed by atoms with Crippen LogP contribution in [0.4, 0.5) is 8.78 Å². The molecule has 0 saturated carbocycles. The fourth-order valence-electron chi connectivity index (χ4n) is 1.28. The molecule has 1 aromatic rings. The van der Waals surface area contributed by atoms with E-state index in [1.54, 1.807) is 0 Å². The van der Waals surface area contributed by atoms with Crippen molar-refractivity contribution in [2.75, 3.05) is 0 Å². The maximum atomic E-state index is 13.0. The molecule has 92 valence electrons. The molecule has 0 unspecified atom stereocenters. The Kier molecular flexibility index (Phi) is 2.88. The van der Waals surface area contributed by atoms with Crippen LogP contribution in [-0.4, -0.2) is 22.9 Å². The number of aliphatic imine (C=N–C) groups is 1. The van der Waals surface area contributed by atoms with Crippen LogP contribution >= 0.6 is 0 Å². The molecule has 5 nitrogen and oxygen atoms in total. The van der Waals surface area contributed by atoms with Crippen LogP contribution in [0.1, 0.15) is 5.56 Å². The molecule has 0 radical (unpaired) electrons. The molecule has 1 aromatic carbocycles. The number of carbonyl (C=O) groups excluding carboxylic acids is 1. The minimum atomic E-state index is -1.36. The second-order valence-corrected chi connectivity index (χ2v) is 3.30. The smallest absolute Gasteiger partial charge is 0.364 e. The summed E-state index contributed by atoms with van der Waals surface area (Å²) in [4.78, 5) is 25.2. The van der Waals surface area contributed by atoms with E-state index in [1.807, 2.05) is 0 Å². The number of ether oxygens (including phenoxy) is 1. The number of aliphatic carboxylic acids is 1. The minimum absolute atomic E-state index is 0.0380. The quantitative estimate of drug-likeness (QED) is 0.635. The third-order valence-electron chi connectivity index (χ3n) is 2.05. The van der Waals surface area contributed by atoms with Gasteiger partial charge >= 0.3 is 11.9 Å². The Labute approximate surface area is 99.0 Å². The van der Waals surface area contributed by atoms with Crippen molar-refractivity contribution in [1.82, 2.24) is 0 Å². The number of hydrogen-bond donors (Lipinski definition) is 1. The number of nitrogens with zero attached hydrogens (tertiary/aromatic N) is 1. The molecule has 0 fully saturated rings. The number of carbonyl (C=O) groups is 2. The summed E-state index contributed by atoms with van der Waals surface area (Å²) in [5, 5.41) is 8.47. The molecule has 18 heavy (non-hydrogen) atoms. The third-order valence-corrected chi connectivity index (χ3v) is 2.05. The van der Waals surface area contributed by atoms with Crippen molar-refractivity contribution >= 4 is 17.8 Å². The van der Waals surface area contributed by atoms with Gasteiger partial charge in [0.1, 0.15) is 0 Å². The van der Waals surface area contributed by atoms with Crippen molar-refractivity contribution in [3.63, 3.8) is 0 Å². The average Bonchev–Trinajstić information content (AvgIpc) is 2.63. The molecule has 0 aliphatic carbocycles. The van der Waals surface area contributed by atoms with Gasteiger partial charge in [0.25, 0.3) is 0 Å². The summed E-state index contributed by atoms with van der Waals surface area (Å²) >= 11 is 0. The molecular formula is C11H5F2NO4. The Morgan fingerprint density at radius 3 is 2.67 bits per heavy atom. The summed E-state index contributed by atoms with van der Waals surface area (Å²) < 4.78 is 30.3. The number of cyclic esters (lactones) is 1. The van der Waals surface area contributed by atoms with Crippen LogP contribution in [0.2, 0.25) is 0 Å². The van der Waals surface area contributed by atoms with Gasteiger partial charge in [0.15, 0.2) is 17.3 Å². The van der Waals surface area contributed by atoms with Crippen molar-refractivity contribution < 1.29 is 28.2 Å². The number of benzene rings is 1. The van der Waals surface area contributed by atoms with Gasteiger partial charge in [-0.15, -0.1) is 0 Å². The summed E-state index contributed by atoms with van der Waals surface area (Å²) in [7, 11) is 0. The Bertz CT molecular complexity index is 607. The lowest BCUT2D eigenvalue weighted by Gasteiger charge is -1.99. The van der Waals surface area contributed by atoms with Crippen LogP contribution in [0.3, 0.4) is 0 Å². The fraction of sp³-hybridized carbons (Fsp3) is 0. The molecule has 0 atom stereocenters. The Balaban J connectivity index is 2.38. The zero-order chi connectivity index (χ0) is 13.3. The monoisotopic (exact) mass is 253 g/mol. The van der Waals surface area contributed by atoms with Gasteiger partial charge in [-0.2, -0.15) is 0 Å². The van der Waals surface area contributed by atoms with E-state index in [0.717, 1.165) is 18.2 Å². The molecular weight excluding hydrogens is 248 g/mol. The Morgan fingerprint density at radius 1 is 1.33 bits per heavy atom. The molecule has 0 amide bonds. The summed E-state index contributed by atoms with van der Waals surface area (Å²) in [6.45, 7) is 0. The van der Waals surface area contributed by atoms with Gasteiger partial charge in [-0.3, -0.25) is 0 Å². The van der Waals surface area contributed by atoms with Crippen molar-refractivity contribution in [2.24, 2.45) is 4.99 Å². The van der Waals surface area contributed by atoms with Crippen LogP contribution in [0.5, 0.6) is 0 Å². The predicted molar refractivity (Wildman–Crippen MR) is 54.7 cm³/mol. The van der Waals surface area contributed by atoms with Gasteiger partial charge in [-0.05, 0) is 18.2 Å². The number of carboxylic acids is 1. The highest BCUT2D eigenvalue weighted by Gasteiger charge is 2.25. The number of esters is 1. The zero-order valence-electron chi connectivity index (χ0n) is 8.68. The lowest BCUT2D eigenvalue weighted by atomic mass is 10.2. The van der Waals surface area contributed by atoms with Crippen molar-refractivity contribution in [3.8, 4) is 0 Å². The van der Waals surface area contributed by atoms with E-state index in [9.17, 15) is 18.4 Å². The van der Waals surface area contributed by atoms with E-state index < -0.39 is 29.3 Å².